The maximum absolute atomic E-state index is 14.4. The lowest BCUT2D eigenvalue weighted by Crippen LogP contribution is -2.10. The van der Waals surface area contributed by atoms with Crippen LogP contribution in [0.5, 0.6) is 11.5 Å². The lowest BCUT2D eigenvalue weighted by atomic mass is 10.1. The van der Waals surface area contributed by atoms with Gasteiger partial charge in [0.25, 0.3) is 0 Å². The summed E-state index contributed by atoms with van der Waals surface area (Å²) in [4.78, 5) is 6.48. The summed E-state index contributed by atoms with van der Waals surface area (Å²) in [5.41, 5.74) is 7.95. The van der Waals surface area contributed by atoms with Crippen molar-refractivity contribution in [3.63, 3.8) is 0 Å². The second-order valence-electron chi connectivity index (χ2n) is 5.47. The van der Waals surface area contributed by atoms with Crippen LogP contribution in [0.4, 0.5) is 13.2 Å². The number of aliphatic hydroxyl groups is 1. The van der Waals surface area contributed by atoms with Crippen LogP contribution < -0.4 is 4.74 Å². The monoisotopic (exact) mass is 361 g/mol. The number of halogens is 3. The molecular formula is C16H10F3N5O2. The molecule has 0 saturated heterocycles. The minimum atomic E-state index is -2.25. The normalized spacial score (nSPS) is 20.8. The van der Waals surface area contributed by atoms with E-state index in [0.29, 0.717) is 0 Å². The Morgan fingerprint density at radius 2 is 2.12 bits per heavy atom. The van der Waals surface area contributed by atoms with Gasteiger partial charge < -0.3 is 9.84 Å². The molecule has 0 saturated carbocycles. The zero-order valence-electron chi connectivity index (χ0n) is 13.0. The molecule has 0 amide bonds. The van der Waals surface area contributed by atoms with Gasteiger partial charge in [0.1, 0.15) is 17.7 Å². The van der Waals surface area contributed by atoms with Crippen molar-refractivity contribution in [1.82, 2.24) is 4.98 Å². The van der Waals surface area contributed by atoms with Crippen LogP contribution in [0.3, 0.4) is 0 Å². The average Bonchev–Trinajstić information content (AvgIpc) is 2.85. The topological polar surface area (TPSA) is 115 Å². The first-order valence-electron chi connectivity index (χ1n) is 7.33. The summed E-state index contributed by atoms with van der Waals surface area (Å²) in [6, 6.07) is 4.91. The summed E-state index contributed by atoms with van der Waals surface area (Å²) in [6.07, 6.45) is -5.19. The molecule has 1 heterocycles. The second kappa shape index (κ2) is 6.92. The van der Waals surface area contributed by atoms with Crippen LogP contribution in [0.1, 0.15) is 34.7 Å². The Balaban J connectivity index is 2.09. The first-order valence-corrected chi connectivity index (χ1v) is 7.33. The predicted octanol–water partition coefficient (Wildman–Crippen LogP) is 4.09. The average molecular weight is 361 g/mol. The van der Waals surface area contributed by atoms with Crippen LogP contribution in [0.2, 0.25) is 0 Å². The smallest absolute Gasteiger partial charge is 0.165 e. The van der Waals surface area contributed by atoms with Gasteiger partial charge in [-0.15, -0.1) is 0 Å². The highest BCUT2D eigenvalue weighted by atomic mass is 19.2. The lowest BCUT2D eigenvalue weighted by Gasteiger charge is -2.14. The molecule has 2 aromatic rings. The van der Waals surface area contributed by atoms with Gasteiger partial charge >= 0.3 is 0 Å². The van der Waals surface area contributed by atoms with Crippen LogP contribution in [-0.2, 0) is 6.54 Å². The van der Waals surface area contributed by atoms with Gasteiger partial charge in [0.2, 0.25) is 0 Å². The Kier molecular flexibility index (Phi) is 4.67. The first kappa shape index (κ1) is 17.5. The van der Waals surface area contributed by atoms with E-state index >= 15 is 0 Å². The Morgan fingerprint density at radius 1 is 1.35 bits per heavy atom. The van der Waals surface area contributed by atoms with E-state index < -0.39 is 24.3 Å². The standard InChI is InChI=1S/C16H10F3N5O2/c17-8-1-7(4-20)2-9(3-8)26-11-6-22-10(5-23-24-21)12-13(11)14(18)15(19)16(12)25/h1-3,6,14-16,25H,5H2/t14-,15-,16+/m1/s1. The van der Waals surface area contributed by atoms with Crippen molar-refractivity contribution in [2.45, 2.75) is 25.0 Å². The number of fused-ring (bicyclic) bond motifs is 1. The maximum atomic E-state index is 14.4. The number of azide groups is 1. The van der Waals surface area contributed by atoms with E-state index in [1.165, 1.54) is 6.07 Å². The fourth-order valence-corrected chi connectivity index (χ4v) is 2.78. The molecule has 1 aliphatic rings. The van der Waals surface area contributed by atoms with Crippen LogP contribution in [-0.4, -0.2) is 16.3 Å². The third-order valence-electron chi connectivity index (χ3n) is 3.87. The van der Waals surface area contributed by atoms with Gasteiger partial charge in [-0.05, 0) is 17.7 Å². The SMILES string of the molecule is N#Cc1cc(F)cc(Oc2cnc(CN=[N+]=[N-])c3c2[C@@H](F)[C@@H](F)[C@H]3O)c1. The van der Waals surface area contributed by atoms with Crippen LogP contribution >= 0.6 is 0 Å². The van der Waals surface area contributed by atoms with Crippen molar-refractivity contribution >= 4 is 0 Å². The molecule has 0 aliphatic heterocycles. The third kappa shape index (κ3) is 3.01. The van der Waals surface area contributed by atoms with E-state index in [2.05, 4.69) is 15.0 Å². The Bertz CT molecular complexity index is 956. The number of alkyl halides is 2. The molecule has 0 bridgehead atoms. The Labute approximate surface area is 144 Å². The molecule has 1 aromatic carbocycles. The number of benzene rings is 1. The fraction of sp³-hybridized carbons (Fsp3) is 0.250. The van der Waals surface area contributed by atoms with Gasteiger partial charge in [0.15, 0.2) is 18.1 Å². The number of hydrogen-bond acceptors (Lipinski definition) is 5. The molecule has 7 nitrogen and oxygen atoms in total. The number of rotatable bonds is 4. The summed E-state index contributed by atoms with van der Waals surface area (Å²) < 4.78 is 47.3. The molecule has 10 heteroatoms. The van der Waals surface area contributed by atoms with E-state index in [-0.39, 0.29) is 40.4 Å². The molecule has 0 unspecified atom stereocenters. The number of nitriles is 1. The number of nitrogens with zero attached hydrogens (tertiary/aromatic N) is 5. The summed E-state index contributed by atoms with van der Waals surface area (Å²) in [5.74, 6) is -1.09. The lowest BCUT2D eigenvalue weighted by molar-refractivity contribution is 0.0461. The molecule has 1 aliphatic carbocycles. The van der Waals surface area contributed by atoms with Crippen molar-refractivity contribution in [3.05, 3.63) is 63.0 Å². The van der Waals surface area contributed by atoms with Gasteiger partial charge in [-0.1, -0.05) is 5.11 Å². The highest BCUT2D eigenvalue weighted by Crippen LogP contribution is 2.49. The number of pyridine rings is 1. The van der Waals surface area contributed by atoms with Crippen molar-refractivity contribution in [3.8, 4) is 17.6 Å². The van der Waals surface area contributed by atoms with Crippen molar-refractivity contribution in [2.75, 3.05) is 0 Å². The second-order valence-corrected chi connectivity index (χ2v) is 5.47. The minimum absolute atomic E-state index is 0.0115. The zero-order valence-corrected chi connectivity index (χ0v) is 13.0. The molecule has 0 spiro atoms. The molecule has 26 heavy (non-hydrogen) atoms. The van der Waals surface area contributed by atoms with E-state index in [0.717, 1.165) is 18.3 Å². The summed E-state index contributed by atoms with van der Waals surface area (Å²) in [5, 5.41) is 22.1. The van der Waals surface area contributed by atoms with Crippen molar-refractivity contribution in [2.24, 2.45) is 5.11 Å². The molecule has 132 valence electrons. The van der Waals surface area contributed by atoms with E-state index in [9.17, 15) is 18.3 Å². The summed E-state index contributed by atoms with van der Waals surface area (Å²) in [7, 11) is 0. The molecule has 0 fully saturated rings. The predicted molar refractivity (Wildman–Crippen MR) is 82.0 cm³/mol. The van der Waals surface area contributed by atoms with Gasteiger partial charge in [-0.2, -0.15) is 5.26 Å². The highest BCUT2D eigenvalue weighted by molar-refractivity contribution is 5.51. The Hall–Kier alpha value is -3.28. The van der Waals surface area contributed by atoms with Crippen molar-refractivity contribution in [1.29, 1.82) is 5.26 Å². The highest BCUT2D eigenvalue weighted by Gasteiger charge is 2.45. The van der Waals surface area contributed by atoms with E-state index in [1.54, 1.807) is 6.07 Å². The number of aliphatic hydroxyl groups excluding tert-OH is 1. The van der Waals surface area contributed by atoms with Crippen LogP contribution in [0.25, 0.3) is 10.4 Å². The number of hydrogen-bond donors (Lipinski definition) is 1. The zero-order chi connectivity index (χ0) is 18.8. The number of ether oxygens (including phenoxy) is 1. The third-order valence-corrected chi connectivity index (χ3v) is 3.87. The van der Waals surface area contributed by atoms with E-state index in [1.807, 2.05) is 0 Å². The van der Waals surface area contributed by atoms with Crippen LogP contribution in [0.15, 0.2) is 29.5 Å². The molecule has 3 atom stereocenters. The maximum Gasteiger partial charge on any atom is 0.165 e. The quantitative estimate of drug-likeness (QED) is 0.501. The molecular weight excluding hydrogens is 351 g/mol. The van der Waals surface area contributed by atoms with Gasteiger partial charge in [0, 0.05) is 22.1 Å². The molecule has 3 rings (SSSR count). The largest absolute Gasteiger partial charge is 0.455 e. The molecule has 1 N–H and O–H groups in total. The van der Waals surface area contributed by atoms with Gasteiger partial charge in [-0.3, -0.25) is 4.98 Å². The van der Waals surface area contributed by atoms with Crippen molar-refractivity contribution < 1.29 is 23.0 Å². The molecule has 0 radical (unpaired) electrons. The fourth-order valence-electron chi connectivity index (χ4n) is 2.78. The first-order chi connectivity index (χ1) is 12.5. The number of aromatic nitrogens is 1. The van der Waals surface area contributed by atoms with Gasteiger partial charge in [0.05, 0.1) is 30.1 Å². The minimum Gasteiger partial charge on any atom is -0.455 e. The van der Waals surface area contributed by atoms with E-state index in [4.69, 9.17) is 15.5 Å². The van der Waals surface area contributed by atoms with Crippen LogP contribution in [0, 0.1) is 17.1 Å². The van der Waals surface area contributed by atoms with Gasteiger partial charge in [-0.25, -0.2) is 13.2 Å². The summed E-state index contributed by atoms with van der Waals surface area (Å²) >= 11 is 0. The molecule has 1 aromatic heterocycles. The Morgan fingerprint density at radius 3 is 2.81 bits per heavy atom. The summed E-state index contributed by atoms with van der Waals surface area (Å²) in [6.45, 7) is -0.311.